The van der Waals surface area contributed by atoms with E-state index in [2.05, 4.69) is 6.08 Å². The van der Waals surface area contributed by atoms with E-state index in [0.717, 1.165) is 13.0 Å². The number of rotatable bonds is 3. The molecule has 12 heavy (non-hydrogen) atoms. The Labute approximate surface area is 74.8 Å². The first-order valence-corrected chi connectivity index (χ1v) is 4.80. The first-order valence-electron chi connectivity index (χ1n) is 4.80. The third-order valence-electron chi connectivity index (χ3n) is 2.45. The van der Waals surface area contributed by atoms with Gasteiger partial charge in [0, 0.05) is 7.11 Å². The summed E-state index contributed by atoms with van der Waals surface area (Å²) in [4.78, 5) is 0. The summed E-state index contributed by atoms with van der Waals surface area (Å²) in [6.07, 6.45) is 8.65. The number of ether oxygens (including phenoxy) is 1. The summed E-state index contributed by atoms with van der Waals surface area (Å²) in [5.74, 6) is 0. The predicted molar refractivity (Wildman–Crippen MR) is 51.0 cm³/mol. The summed E-state index contributed by atoms with van der Waals surface area (Å²) in [5.41, 5.74) is 6.91. The average molecular weight is 169 g/mol. The molecule has 2 nitrogen and oxygen atoms in total. The second-order valence-electron chi connectivity index (χ2n) is 3.33. The average Bonchev–Trinajstić information content (AvgIpc) is 2.15. The van der Waals surface area contributed by atoms with Crippen LogP contribution in [-0.4, -0.2) is 19.8 Å². The highest BCUT2D eigenvalue weighted by atomic mass is 16.5. The van der Waals surface area contributed by atoms with Crippen molar-refractivity contribution in [2.45, 2.75) is 38.2 Å². The van der Waals surface area contributed by atoms with E-state index in [4.69, 9.17) is 10.5 Å². The molecule has 1 aliphatic rings. The highest BCUT2D eigenvalue weighted by molar-refractivity contribution is 5.10. The predicted octanol–water partition coefficient (Wildman–Crippen LogP) is 1.85. The zero-order valence-corrected chi connectivity index (χ0v) is 7.88. The number of hydrogen-bond donors (Lipinski definition) is 1. The zero-order valence-electron chi connectivity index (χ0n) is 7.88. The molecule has 0 bridgehead atoms. The molecule has 0 aromatic carbocycles. The van der Waals surface area contributed by atoms with E-state index in [0.29, 0.717) is 6.10 Å². The van der Waals surface area contributed by atoms with Gasteiger partial charge in [0.25, 0.3) is 0 Å². The van der Waals surface area contributed by atoms with Crippen molar-refractivity contribution in [2.75, 3.05) is 13.7 Å². The number of hydrogen-bond acceptors (Lipinski definition) is 2. The van der Waals surface area contributed by atoms with Crippen molar-refractivity contribution in [1.82, 2.24) is 0 Å². The minimum atomic E-state index is 0.380. The summed E-state index contributed by atoms with van der Waals surface area (Å²) in [6.45, 7) is 0.750. The van der Waals surface area contributed by atoms with Crippen molar-refractivity contribution in [3.63, 3.8) is 0 Å². The summed E-state index contributed by atoms with van der Waals surface area (Å²) < 4.78 is 5.39. The van der Waals surface area contributed by atoms with E-state index in [-0.39, 0.29) is 0 Å². The van der Waals surface area contributed by atoms with Crippen LogP contribution in [0.1, 0.15) is 32.1 Å². The minimum Gasteiger partial charge on any atom is -0.377 e. The Morgan fingerprint density at radius 1 is 1.58 bits per heavy atom. The topological polar surface area (TPSA) is 35.2 Å². The molecule has 1 saturated carbocycles. The molecule has 0 saturated heterocycles. The van der Waals surface area contributed by atoms with Crippen LogP contribution < -0.4 is 5.73 Å². The van der Waals surface area contributed by atoms with Crippen LogP contribution in [0.2, 0.25) is 0 Å². The highest BCUT2D eigenvalue weighted by Crippen LogP contribution is 2.25. The first kappa shape index (κ1) is 9.75. The van der Waals surface area contributed by atoms with Crippen LogP contribution in [0.25, 0.3) is 0 Å². The standard InChI is InChI=1S/C10H19NO/c1-12-10-7-3-2-5-9(10)6-4-8-11/h6,10H,2-5,7-8,11H2,1H3. The van der Waals surface area contributed by atoms with Crippen molar-refractivity contribution < 1.29 is 4.74 Å². The van der Waals surface area contributed by atoms with Crippen LogP contribution in [-0.2, 0) is 4.74 Å². The van der Waals surface area contributed by atoms with Crippen LogP contribution in [0.5, 0.6) is 0 Å². The summed E-state index contributed by atoms with van der Waals surface area (Å²) >= 11 is 0. The van der Waals surface area contributed by atoms with Gasteiger partial charge in [-0.15, -0.1) is 0 Å². The van der Waals surface area contributed by atoms with E-state index in [1.807, 2.05) is 0 Å². The lowest BCUT2D eigenvalue weighted by atomic mass is 9.91. The van der Waals surface area contributed by atoms with E-state index in [1.54, 1.807) is 7.11 Å². The summed E-state index contributed by atoms with van der Waals surface area (Å²) in [7, 11) is 1.80. The SMILES string of the molecule is COC1CCCCC1=CCCN. The third-order valence-corrected chi connectivity index (χ3v) is 2.45. The minimum absolute atomic E-state index is 0.380. The summed E-state index contributed by atoms with van der Waals surface area (Å²) in [6, 6.07) is 0. The quantitative estimate of drug-likeness (QED) is 0.654. The Hall–Kier alpha value is -0.340. The van der Waals surface area contributed by atoms with E-state index in [9.17, 15) is 0 Å². The molecule has 0 aromatic heterocycles. The van der Waals surface area contributed by atoms with Gasteiger partial charge in [-0.1, -0.05) is 12.5 Å². The fraction of sp³-hybridized carbons (Fsp3) is 0.800. The van der Waals surface area contributed by atoms with Gasteiger partial charge in [0.05, 0.1) is 6.10 Å². The Morgan fingerprint density at radius 3 is 3.08 bits per heavy atom. The lowest BCUT2D eigenvalue weighted by molar-refractivity contribution is 0.109. The van der Waals surface area contributed by atoms with Gasteiger partial charge >= 0.3 is 0 Å². The van der Waals surface area contributed by atoms with Gasteiger partial charge in [0.15, 0.2) is 0 Å². The van der Waals surface area contributed by atoms with Crippen LogP contribution in [0.15, 0.2) is 11.6 Å². The molecule has 1 atom stereocenters. The van der Waals surface area contributed by atoms with Gasteiger partial charge in [0.2, 0.25) is 0 Å². The maximum Gasteiger partial charge on any atom is 0.0781 e. The first-order chi connectivity index (χ1) is 5.88. The molecule has 2 N–H and O–H groups in total. The van der Waals surface area contributed by atoms with Gasteiger partial charge in [-0.3, -0.25) is 0 Å². The summed E-state index contributed by atoms with van der Waals surface area (Å²) in [5, 5.41) is 0. The number of methoxy groups -OCH3 is 1. The van der Waals surface area contributed by atoms with Crippen molar-refractivity contribution in [3.05, 3.63) is 11.6 Å². The molecule has 0 aliphatic heterocycles. The lowest BCUT2D eigenvalue weighted by Gasteiger charge is -2.24. The van der Waals surface area contributed by atoms with E-state index in [1.165, 1.54) is 31.3 Å². The molecule has 0 aromatic rings. The molecule has 0 amide bonds. The van der Waals surface area contributed by atoms with E-state index >= 15 is 0 Å². The van der Waals surface area contributed by atoms with Crippen molar-refractivity contribution in [3.8, 4) is 0 Å². The van der Waals surface area contributed by atoms with Gasteiger partial charge in [0.1, 0.15) is 0 Å². The van der Waals surface area contributed by atoms with Gasteiger partial charge in [-0.2, -0.15) is 0 Å². The Kier molecular flexibility index (Phi) is 4.33. The van der Waals surface area contributed by atoms with Crippen molar-refractivity contribution in [2.24, 2.45) is 5.73 Å². The molecule has 0 spiro atoms. The number of nitrogens with two attached hydrogens (primary N) is 1. The molecule has 1 aliphatic carbocycles. The zero-order chi connectivity index (χ0) is 8.81. The van der Waals surface area contributed by atoms with Crippen LogP contribution in [0.4, 0.5) is 0 Å². The fourth-order valence-electron chi connectivity index (χ4n) is 1.78. The van der Waals surface area contributed by atoms with Gasteiger partial charge in [-0.05, 0) is 37.8 Å². The molecular weight excluding hydrogens is 150 g/mol. The second kappa shape index (κ2) is 5.33. The van der Waals surface area contributed by atoms with Crippen molar-refractivity contribution >= 4 is 0 Å². The third kappa shape index (κ3) is 2.61. The largest absolute Gasteiger partial charge is 0.377 e. The maximum atomic E-state index is 5.45. The van der Waals surface area contributed by atoms with Gasteiger partial charge in [-0.25, -0.2) is 0 Å². The maximum absolute atomic E-state index is 5.45. The molecule has 1 fully saturated rings. The fourth-order valence-corrected chi connectivity index (χ4v) is 1.78. The highest BCUT2D eigenvalue weighted by Gasteiger charge is 2.16. The normalized spacial score (nSPS) is 27.8. The molecule has 1 rings (SSSR count). The van der Waals surface area contributed by atoms with Crippen LogP contribution >= 0.6 is 0 Å². The van der Waals surface area contributed by atoms with Gasteiger partial charge < -0.3 is 10.5 Å². The Bertz CT molecular complexity index is 154. The second-order valence-corrected chi connectivity index (χ2v) is 3.33. The van der Waals surface area contributed by atoms with E-state index < -0.39 is 0 Å². The van der Waals surface area contributed by atoms with Crippen molar-refractivity contribution in [1.29, 1.82) is 0 Å². The molecule has 1 unspecified atom stereocenters. The molecular formula is C10H19NO. The monoisotopic (exact) mass is 169 g/mol. The lowest BCUT2D eigenvalue weighted by Crippen LogP contribution is -2.18. The van der Waals surface area contributed by atoms with Crippen LogP contribution in [0.3, 0.4) is 0 Å². The smallest absolute Gasteiger partial charge is 0.0781 e. The molecule has 0 heterocycles. The molecule has 2 heteroatoms. The van der Waals surface area contributed by atoms with Crippen LogP contribution in [0, 0.1) is 0 Å². The Balaban J connectivity index is 2.46. The molecule has 0 radical (unpaired) electrons. The Morgan fingerprint density at radius 2 is 2.42 bits per heavy atom. The molecule has 70 valence electrons.